The molecule has 0 aliphatic rings. The molecule has 4 nitrogen and oxygen atoms in total. The van der Waals surface area contributed by atoms with Crippen LogP contribution in [0.3, 0.4) is 0 Å². The van der Waals surface area contributed by atoms with Crippen LogP contribution in [-0.2, 0) is 0 Å². The van der Waals surface area contributed by atoms with Gasteiger partial charge in [-0.3, -0.25) is 0 Å². The molecule has 17 heavy (non-hydrogen) atoms. The quantitative estimate of drug-likeness (QED) is 0.799. The van der Waals surface area contributed by atoms with Crippen molar-refractivity contribution in [2.45, 2.75) is 13.3 Å². The Morgan fingerprint density at radius 1 is 1.47 bits per heavy atom. The molecule has 0 saturated carbocycles. The van der Waals surface area contributed by atoms with Gasteiger partial charge < -0.3 is 20.0 Å². The zero-order valence-corrected chi connectivity index (χ0v) is 9.86. The lowest BCUT2D eigenvalue weighted by atomic mass is 10.2. The van der Waals surface area contributed by atoms with Gasteiger partial charge in [-0.15, -0.1) is 0 Å². The van der Waals surface area contributed by atoms with E-state index >= 15 is 0 Å². The molecule has 1 heterocycles. The van der Waals surface area contributed by atoms with Crippen molar-refractivity contribution in [3.05, 3.63) is 35.8 Å². The van der Waals surface area contributed by atoms with Gasteiger partial charge in [-0.1, -0.05) is 19.1 Å². The Kier molecular flexibility index (Phi) is 2.95. The number of rotatable bonds is 3. The maximum Gasteiger partial charge on any atom is 0.176 e. The van der Waals surface area contributed by atoms with Gasteiger partial charge in [0.25, 0.3) is 0 Å². The van der Waals surface area contributed by atoms with Crippen molar-refractivity contribution in [1.82, 2.24) is 0 Å². The molecule has 3 N–H and O–H groups in total. The summed E-state index contributed by atoms with van der Waals surface area (Å²) in [6.45, 7) is 1.82. The van der Waals surface area contributed by atoms with Crippen LogP contribution in [0.1, 0.15) is 19.1 Å². The van der Waals surface area contributed by atoms with Crippen LogP contribution in [0.25, 0.3) is 16.7 Å². The molecule has 2 rings (SSSR count). The summed E-state index contributed by atoms with van der Waals surface area (Å²) < 4.78 is 10.8. The number of allylic oxidation sites excluding steroid dienone is 1. The van der Waals surface area contributed by atoms with Crippen molar-refractivity contribution >= 4 is 16.7 Å². The van der Waals surface area contributed by atoms with E-state index in [1.807, 2.05) is 25.1 Å². The normalized spacial score (nSPS) is 12.6. The van der Waals surface area contributed by atoms with Crippen LogP contribution in [0.4, 0.5) is 0 Å². The van der Waals surface area contributed by atoms with Crippen LogP contribution in [0.2, 0.25) is 0 Å². The first kappa shape index (κ1) is 11.4. The van der Waals surface area contributed by atoms with Gasteiger partial charge in [-0.2, -0.15) is 0 Å². The highest BCUT2D eigenvalue weighted by Gasteiger charge is 2.12. The fourth-order valence-corrected chi connectivity index (χ4v) is 1.66. The second-order valence-corrected chi connectivity index (χ2v) is 3.70. The highest BCUT2D eigenvalue weighted by Crippen LogP contribution is 2.30. The highest BCUT2D eigenvalue weighted by atomic mass is 16.5. The summed E-state index contributed by atoms with van der Waals surface area (Å²) >= 11 is 0. The van der Waals surface area contributed by atoms with Crippen LogP contribution >= 0.6 is 0 Å². The zero-order chi connectivity index (χ0) is 12.4. The number of ether oxygens (including phenoxy) is 1. The van der Waals surface area contributed by atoms with E-state index in [0.717, 1.165) is 5.39 Å². The fraction of sp³-hybridized carbons (Fsp3) is 0.231. The van der Waals surface area contributed by atoms with Crippen LogP contribution in [-0.4, -0.2) is 12.2 Å². The van der Waals surface area contributed by atoms with Crippen molar-refractivity contribution in [3.63, 3.8) is 0 Å². The smallest absolute Gasteiger partial charge is 0.176 e. The molecule has 0 spiro atoms. The standard InChI is InChI=1S/C13H15NO3/c1-3-9(15)12(14)11-7-8-5-4-6-10(16-2)13(8)17-11/h4-7,15H,3,14H2,1-2H3/b12-9-. The summed E-state index contributed by atoms with van der Waals surface area (Å²) in [5.74, 6) is 1.24. The summed E-state index contributed by atoms with van der Waals surface area (Å²) in [5.41, 5.74) is 6.70. The topological polar surface area (TPSA) is 68.6 Å². The Bertz CT molecular complexity index is 569. The number of furan rings is 1. The summed E-state index contributed by atoms with van der Waals surface area (Å²) in [4.78, 5) is 0. The number of benzene rings is 1. The number of fused-ring (bicyclic) bond motifs is 1. The number of hydrogen-bond donors (Lipinski definition) is 2. The first-order chi connectivity index (χ1) is 8.17. The van der Waals surface area contributed by atoms with E-state index in [1.54, 1.807) is 13.2 Å². The first-order valence-electron chi connectivity index (χ1n) is 5.41. The highest BCUT2D eigenvalue weighted by molar-refractivity contribution is 5.86. The molecular weight excluding hydrogens is 218 g/mol. The average Bonchev–Trinajstić information content (AvgIpc) is 2.80. The van der Waals surface area contributed by atoms with Crippen LogP contribution in [0.5, 0.6) is 5.75 Å². The van der Waals surface area contributed by atoms with Gasteiger partial charge in [0, 0.05) is 11.8 Å². The molecule has 0 unspecified atom stereocenters. The van der Waals surface area contributed by atoms with Crippen molar-refractivity contribution in [2.75, 3.05) is 7.11 Å². The van der Waals surface area contributed by atoms with E-state index in [1.165, 1.54) is 0 Å². The first-order valence-corrected chi connectivity index (χ1v) is 5.41. The van der Waals surface area contributed by atoms with Crippen molar-refractivity contribution in [3.8, 4) is 5.75 Å². The van der Waals surface area contributed by atoms with E-state index in [4.69, 9.17) is 14.9 Å². The third kappa shape index (κ3) is 1.93. The third-order valence-electron chi connectivity index (χ3n) is 2.64. The molecule has 4 heteroatoms. The second-order valence-electron chi connectivity index (χ2n) is 3.70. The van der Waals surface area contributed by atoms with E-state index in [2.05, 4.69) is 0 Å². The van der Waals surface area contributed by atoms with Gasteiger partial charge in [-0.05, 0) is 12.1 Å². The number of aliphatic hydroxyl groups excluding tert-OH is 1. The summed E-state index contributed by atoms with van der Waals surface area (Å²) in [5, 5.41) is 10.5. The summed E-state index contributed by atoms with van der Waals surface area (Å²) in [6.07, 6.45) is 0.472. The van der Waals surface area contributed by atoms with Crippen LogP contribution in [0.15, 0.2) is 34.4 Å². The molecule has 1 aromatic heterocycles. The largest absolute Gasteiger partial charge is 0.510 e. The van der Waals surface area contributed by atoms with Crippen molar-refractivity contribution < 1.29 is 14.3 Å². The van der Waals surface area contributed by atoms with Crippen LogP contribution < -0.4 is 10.5 Å². The molecule has 0 bridgehead atoms. The van der Waals surface area contributed by atoms with Crippen LogP contribution in [0, 0.1) is 0 Å². The third-order valence-corrected chi connectivity index (χ3v) is 2.64. The predicted octanol–water partition coefficient (Wildman–Crippen LogP) is 3.04. The van der Waals surface area contributed by atoms with Gasteiger partial charge in [0.15, 0.2) is 17.1 Å². The van der Waals surface area contributed by atoms with E-state index in [9.17, 15) is 5.11 Å². The Balaban J connectivity index is 2.59. The zero-order valence-electron chi connectivity index (χ0n) is 9.86. The fourth-order valence-electron chi connectivity index (χ4n) is 1.66. The minimum Gasteiger partial charge on any atom is -0.510 e. The molecule has 90 valence electrons. The molecule has 0 aliphatic carbocycles. The lowest BCUT2D eigenvalue weighted by Crippen LogP contribution is -1.99. The number of aliphatic hydroxyl groups is 1. The van der Waals surface area contributed by atoms with Gasteiger partial charge in [0.2, 0.25) is 0 Å². The van der Waals surface area contributed by atoms with Gasteiger partial charge in [-0.25, -0.2) is 0 Å². The molecule has 0 amide bonds. The van der Waals surface area contributed by atoms with Crippen molar-refractivity contribution in [1.29, 1.82) is 0 Å². The maximum absolute atomic E-state index is 9.59. The number of para-hydroxylation sites is 1. The van der Waals surface area contributed by atoms with E-state index in [-0.39, 0.29) is 11.5 Å². The molecule has 0 saturated heterocycles. The molecular formula is C13H15NO3. The molecule has 2 aromatic rings. The van der Waals surface area contributed by atoms with Gasteiger partial charge in [0.1, 0.15) is 11.5 Å². The summed E-state index contributed by atoms with van der Waals surface area (Å²) in [7, 11) is 1.58. The molecule has 0 fully saturated rings. The summed E-state index contributed by atoms with van der Waals surface area (Å²) in [6, 6.07) is 7.38. The average molecular weight is 233 g/mol. The Labute approximate surface area is 99.3 Å². The monoisotopic (exact) mass is 233 g/mol. The molecule has 1 aromatic carbocycles. The minimum absolute atomic E-state index is 0.128. The predicted molar refractivity (Wildman–Crippen MR) is 66.8 cm³/mol. The number of methoxy groups -OCH3 is 1. The van der Waals surface area contributed by atoms with E-state index < -0.39 is 0 Å². The molecule has 0 aliphatic heterocycles. The SMILES string of the molecule is CC/C(O)=C(/N)c1cc2cccc(OC)c2o1. The lowest BCUT2D eigenvalue weighted by molar-refractivity contribution is 0.393. The van der Waals surface area contributed by atoms with Gasteiger partial charge in [0.05, 0.1) is 7.11 Å². The Morgan fingerprint density at radius 2 is 2.24 bits per heavy atom. The van der Waals surface area contributed by atoms with E-state index in [0.29, 0.717) is 23.5 Å². The molecule has 0 atom stereocenters. The minimum atomic E-state index is 0.128. The van der Waals surface area contributed by atoms with Crippen molar-refractivity contribution in [2.24, 2.45) is 5.73 Å². The molecule has 0 radical (unpaired) electrons. The second kappa shape index (κ2) is 4.41. The number of nitrogens with two attached hydrogens (primary N) is 1. The Morgan fingerprint density at radius 3 is 2.88 bits per heavy atom. The number of hydrogen-bond acceptors (Lipinski definition) is 4. The van der Waals surface area contributed by atoms with Gasteiger partial charge >= 0.3 is 0 Å². The Hall–Kier alpha value is -2.10. The lowest BCUT2D eigenvalue weighted by Gasteiger charge is -2.00. The maximum atomic E-state index is 9.59.